The molecule has 7 heteroatoms. The highest BCUT2D eigenvalue weighted by Gasteiger charge is 2.34. The molecule has 23 heavy (non-hydrogen) atoms. The first-order valence-electron chi connectivity index (χ1n) is 7.86. The predicted octanol–water partition coefficient (Wildman–Crippen LogP) is 1.12. The number of carbonyl (C=O) groups is 1. The lowest BCUT2D eigenvalue weighted by Crippen LogP contribution is -2.57. The normalized spacial score (nSPS) is 26.2. The lowest BCUT2D eigenvalue weighted by molar-refractivity contribution is 0.0620. The Kier molecular flexibility index (Phi) is 3.74. The van der Waals surface area contributed by atoms with E-state index in [1.165, 1.54) is 22.0 Å². The van der Waals surface area contributed by atoms with Crippen molar-refractivity contribution in [2.75, 3.05) is 19.6 Å². The lowest BCUT2D eigenvalue weighted by Gasteiger charge is -2.44. The van der Waals surface area contributed by atoms with Gasteiger partial charge in [-0.25, -0.2) is 4.98 Å². The summed E-state index contributed by atoms with van der Waals surface area (Å²) in [6.07, 6.45) is 5.54. The molecule has 3 aliphatic rings. The minimum absolute atomic E-state index is 0.117. The van der Waals surface area contributed by atoms with E-state index in [0.717, 1.165) is 32.5 Å². The number of nitrogens with zero attached hydrogens (tertiary/aromatic N) is 3. The molecule has 3 saturated heterocycles. The number of rotatable bonds is 3. The molecule has 6 nitrogen and oxygen atoms in total. The minimum atomic E-state index is -0.181. The highest BCUT2D eigenvalue weighted by molar-refractivity contribution is 7.12. The summed E-state index contributed by atoms with van der Waals surface area (Å²) in [5.74, 6) is 0.461. The standard InChI is InChI=1S/C16H18N4O2S/c21-14-2-1-12(9-20(14)16-17-5-8-23-16)15(22)18-13-10-19-6-3-11(13)4-7-19/h1-2,5,8-9,11,13H,3-4,6-7,10H2,(H,18,22)/t13-/m1/s1. The summed E-state index contributed by atoms with van der Waals surface area (Å²) in [6.45, 7) is 3.22. The second-order valence-corrected chi connectivity index (χ2v) is 7.03. The third kappa shape index (κ3) is 2.82. The smallest absolute Gasteiger partial charge is 0.256 e. The number of amides is 1. The van der Waals surface area contributed by atoms with Crippen molar-refractivity contribution in [3.63, 3.8) is 0 Å². The maximum Gasteiger partial charge on any atom is 0.256 e. The van der Waals surface area contributed by atoms with E-state index in [-0.39, 0.29) is 17.5 Å². The van der Waals surface area contributed by atoms with Crippen LogP contribution in [0.25, 0.3) is 5.13 Å². The van der Waals surface area contributed by atoms with Crippen LogP contribution in [-0.4, -0.2) is 46.0 Å². The maximum atomic E-state index is 12.6. The molecule has 2 bridgehead atoms. The van der Waals surface area contributed by atoms with E-state index >= 15 is 0 Å². The SMILES string of the molecule is O=C(N[C@@H]1CN2CCC1CC2)c1ccc(=O)n(-c2nccs2)c1. The molecule has 2 aromatic rings. The van der Waals surface area contributed by atoms with E-state index in [0.29, 0.717) is 16.6 Å². The van der Waals surface area contributed by atoms with Crippen LogP contribution in [0.15, 0.2) is 34.7 Å². The van der Waals surface area contributed by atoms with Gasteiger partial charge in [0.2, 0.25) is 0 Å². The Balaban J connectivity index is 1.55. The van der Waals surface area contributed by atoms with Crippen LogP contribution in [0.1, 0.15) is 23.2 Å². The Morgan fingerprint density at radius 2 is 2.13 bits per heavy atom. The molecule has 1 amide bonds. The molecule has 1 N–H and O–H groups in total. The molecule has 0 spiro atoms. The summed E-state index contributed by atoms with van der Waals surface area (Å²) in [5, 5.41) is 5.53. The topological polar surface area (TPSA) is 67.2 Å². The van der Waals surface area contributed by atoms with Gasteiger partial charge in [0.15, 0.2) is 5.13 Å². The Morgan fingerprint density at radius 3 is 2.78 bits per heavy atom. The van der Waals surface area contributed by atoms with Crippen molar-refractivity contribution in [3.05, 3.63) is 45.8 Å². The molecule has 5 heterocycles. The van der Waals surface area contributed by atoms with E-state index < -0.39 is 0 Å². The Morgan fingerprint density at radius 1 is 1.30 bits per heavy atom. The van der Waals surface area contributed by atoms with Crippen molar-refractivity contribution in [2.24, 2.45) is 5.92 Å². The van der Waals surface area contributed by atoms with E-state index in [9.17, 15) is 9.59 Å². The van der Waals surface area contributed by atoms with Crippen LogP contribution in [0, 0.1) is 5.92 Å². The van der Waals surface area contributed by atoms with E-state index in [2.05, 4.69) is 15.2 Å². The molecule has 0 radical (unpaired) electrons. The Hall–Kier alpha value is -1.99. The maximum absolute atomic E-state index is 12.6. The lowest BCUT2D eigenvalue weighted by atomic mass is 9.84. The van der Waals surface area contributed by atoms with Gasteiger partial charge < -0.3 is 10.2 Å². The van der Waals surface area contributed by atoms with Gasteiger partial charge in [-0.15, -0.1) is 11.3 Å². The summed E-state index contributed by atoms with van der Waals surface area (Å²) >= 11 is 1.37. The van der Waals surface area contributed by atoms with Gasteiger partial charge in [0.05, 0.1) is 5.56 Å². The van der Waals surface area contributed by atoms with Gasteiger partial charge in [-0.3, -0.25) is 14.2 Å². The minimum Gasteiger partial charge on any atom is -0.348 e. The van der Waals surface area contributed by atoms with Crippen LogP contribution >= 0.6 is 11.3 Å². The van der Waals surface area contributed by atoms with Gasteiger partial charge in [0, 0.05) is 36.4 Å². The summed E-state index contributed by atoms with van der Waals surface area (Å²) in [4.78, 5) is 31.1. The van der Waals surface area contributed by atoms with Crippen molar-refractivity contribution >= 4 is 17.2 Å². The summed E-state index contributed by atoms with van der Waals surface area (Å²) in [5.41, 5.74) is 0.315. The predicted molar refractivity (Wildman–Crippen MR) is 88.1 cm³/mol. The quantitative estimate of drug-likeness (QED) is 0.916. The van der Waals surface area contributed by atoms with Crippen LogP contribution in [0.3, 0.4) is 0 Å². The van der Waals surface area contributed by atoms with Crippen molar-refractivity contribution in [2.45, 2.75) is 18.9 Å². The van der Waals surface area contributed by atoms with E-state index in [1.807, 2.05) is 5.38 Å². The van der Waals surface area contributed by atoms with Crippen LogP contribution in [-0.2, 0) is 0 Å². The number of nitrogens with one attached hydrogen (secondary N) is 1. The van der Waals surface area contributed by atoms with Crippen molar-refractivity contribution in [3.8, 4) is 5.13 Å². The van der Waals surface area contributed by atoms with Gasteiger partial charge in [0.1, 0.15) is 0 Å². The van der Waals surface area contributed by atoms with Gasteiger partial charge in [-0.05, 0) is 37.9 Å². The molecule has 3 aliphatic heterocycles. The summed E-state index contributed by atoms with van der Waals surface area (Å²) in [7, 11) is 0. The number of pyridine rings is 1. The first-order chi connectivity index (χ1) is 11.2. The number of hydrogen-bond acceptors (Lipinski definition) is 5. The second kappa shape index (κ2) is 5.90. The fourth-order valence-electron chi connectivity index (χ4n) is 3.49. The average Bonchev–Trinajstić information content (AvgIpc) is 3.10. The molecule has 0 aromatic carbocycles. The molecule has 1 atom stereocenters. The highest BCUT2D eigenvalue weighted by Crippen LogP contribution is 2.27. The molecule has 120 valence electrons. The third-order valence-electron chi connectivity index (χ3n) is 4.77. The molecule has 0 aliphatic carbocycles. The van der Waals surface area contributed by atoms with Crippen molar-refractivity contribution in [1.82, 2.24) is 19.8 Å². The molecule has 5 rings (SSSR count). The number of fused-ring (bicyclic) bond motifs is 3. The first kappa shape index (κ1) is 14.6. The molecule has 0 unspecified atom stereocenters. The number of thiazole rings is 1. The van der Waals surface area contributed by atoms with Gasteiger partial charge in [-0.2, -0.15) is 0 Å². The zero-order chi connectivity index (χ0) is 15.8. The van der Waals surface area contributed by atoms with E-state index in [4.69, 9.17) is 0 Å². The Labute approximate surface area is 137 Å². The number of carbonyl (C=O) groups excluding carboxylic acids is 1. The third-order valence-corrected chi connectivity index (χ3v) is 5.54. The monoisotopic (exact) mass is 330 g/mol. The number of aromatic nitrogens is 2. The largest absolute Gasteiger partial charge is 0.348 e. The summed E-state index contributed by atoms with van der Waals surface area (Å²) < 4.78 is 1.43. The molecular weight excluding hydrogens is 312 g/mol. The van der Waals surface area contributed by atoms with Crippen LogP contribution in [0.5, 0.6) is 0 Å². The van der Waals surface area contributed by atoms with Crippen LogP contribution in [0.4, 0.5) is 0 Å². The van der Waals surface area contributed by atoms with Gasteiger partial charge >= 0.3 is 0 Å². The Bertz CT molecular complexity index is 763. The zero-order valence-corrected chi connectivity index (χ0v) is 13.5. The number of piperidine rings is 3. The van der Waals surface area contributed by atoms with Crippen molar-refractivity contribution in [1.29, 1.82) is 0 Å². The average molecular weight is 330 g/mol. The van der Waals surface area contributed by atoms with Crippen LogP contribution in [0.2, 0.25) is 0 Å². The fourth-order valence-corrected chi connectivity index (χ4v) is 4.11. The highest BCUT2D eigenvalue weighted by atomic mass is 32.1. The van der Waals surface area contributed by atoms with Gasteiger partial charge in [-0.1, -0.05) is 0 Å². The molecule has 2 aromatic heterocycles. The van der Waals surface area contributed by atoms with E-state index in [1.54, 1.807) is 18.5 Å². The zero-order valence-electron chi connectivity index (χ0n) is 12.6. The summed E-state index contributed by atoms with van der Waals surface area (Å²) in [6, 6.07) is 3.22. The van der Waals surface area contributed by atoms with Crippen molar-refractivity contribution < 1.29 is 4.79 Å². The second-order valence-electron chi connectivity index (χ2n) is 6.16. The van der Waals surface area contributed by atoms with Gasteiger partial charge in [0.25, 0.3) is 11.5 Å². The molecular formula is C16H18N4O2S. The first-order valence-corrected chi connectivity index (χ1v) is 8.74. The molecule has 3 fully saturated rings. The van der Waals surface area contributed by atoms with Crippen LogP contribution < -0.4 is 10.9 Å². The fraction of sp³-hybridized carbons (Fsp3) is 0.438. The molecule has 0 saturated carbocycles. The number of hydrogen-bond donors (Lipinski definition) is 1.